The standard InChI is InChI=1S/C26H23F2NO/c1-2-13-26(20-8-4-3-5-9-20)14-15-29(25(30)18-26)22-10-6-7-19(16-22)23-12-11-21(27)17-24(23)28/h2-12,16-17H,1,13-15,18H2. The van der Waals surface area contributed by atoms with E-state index in [9.17, 15) is 13.6 Å². The second-order valence-corrected chi connectivity index (χ2v) is 7.79. The minimum absolute atomic E-state index is 0.0312. The fraction of sp³-hybridized carbons (Fsp3) is 0.192. The Morgan fingerprint density at radius 1 is 1.00 bits per heavy atom. The van der Waals surface area contributed by atoms with Crippen molar-refractivity contribution < 1.29 is 13.6 Å². The molecule has 1 saturated heterocycles. The summed E-state index contributed by atoms with van der Waals surface area (Å²) in [7, 11) is 0. The van der Waals surface area contributed by atoms with E-state index in [4.69, 9.17) is 0 Å². The van der Waals surface area contributed by atoms with Crippen molar-refractivity contribution >= 4 is 11.6 Å². The van der Waals surface area contributed by atoms with Gasteiger partial charge in [-0.3, -0.25) is 4.79 Å². The Balaban J connectivity index is 1.62. The van der Waals surface area contributed by atoms with E-state index < -0.39 is 11.6 Å². The number of rotatable bonds is 5. The van der Waals surface area contributed by atoms with Crippen molar-refractivity contribution in [3.63, 3.8) is 0 Å². The number of amides is 1. The van der Waals surface area contributed by atoms with Crippen LogP contribution >= 0.6 is 0 Å². The first kappa shape index (κ1) is 20.0. The summed E-state index contributed by atoms with van der Waals surface area (Å²) < 4.78 is 27.5. The van der Waals surface area contributed by atoms with Crippen LogP contribution in [-0.4, -0.2) is 12.5 Å². The van der Waals surface area contributed by atoms with Gasteiger partial charge in [0, 0.05) is 35.7 Å². The fourth-order valence-electron chi connectivity index (χ4n) is 4.37. The van der Waals surface area contributed by atoms with E-state index in [2.05, 4.69) is 18.7 Å². The minimum Gasteiger partial charge on any atom is -0.312 e. The highest BCUT2D eigenvalue weighted by Gasteiger charge is 2.39. The molecule has 0 aliphatic carbocycles. The molecule has 3 aromatic carbocycles. The first-order valence-corrected chi connectivity index (χ1v) is 10.0. The molecule has 1 fully saturated rings. The van der Waals surface area contributed by atoms with Crippen molar-refractivity contribution in [3.05, 3.63) is 103 Å². The van der Waals surface area contributed by atoms with Gasteiger partial charge in [-0.05, 0) is 48.2 Å². The third-order valence-electron chi connectivity index (χ3n) is 5.93. The van der Waals surface area contributed by atoms with Crippen molar-refractivity contribution in [2.24, 2.45) is 0 Å². The molecular weight excluding hydrogens is 380 g/mol. The van der Waals surface area contributed by atoms with Crippen LogP contribution in [0, 0.1) is 11.6 Å². The zero-order valence-electron chi connectivity index (χ0n) is 16.7. The average Bonchev–Trinajstić information content (AvgIpc) is 2.75. The highest BCUT2D eigenvalue weighted by molar-refractivity contribution is 5.96. The number of piperidine rings is 1. The molecule has 0 bridgehead atoms. The van der Waals surface area contributed by atoms with Crippen molar-refractivity contribution in [1.29, 1.82) is 0 Å². The number of benzene rings is 3. The molecule has 30 heavy (non-hydrogen) atoms. The highest BCUT2D eigenvalue weighted by Crippen LogP contribution is 2.41. The van der Waals surface area contributed by atoms with Gasteiger partial charge in [0.15, 0.2) is 0 Å². The molecule has 1 aliphatic heterocycles. The normalized spacial score (nSPS) is 19.0. The average molecular weight is 403 g/mol. The van der Waals surface area contributed by atoms with Gasteiger partial charge in [-0.2, -0.15) is 0 Å². The molecule has 2 nitrogen and oxygen atoms in total. The van der Waals surface area contributed by atoms with Crippen LogP contribution < -0.4 is 4.90 Å². The van der Waals surface area contributed by atoms with E-state index in [0.29, 0.717) is 24.1 Å². The molecule has 1 atom stereocenters. The topological polar surface area (TPSA) is 20.3 Å². The molecule has 152 valence electrons. The summed E-state index contributed by atoms with van der Waals surface area (Å²) in [4.78, 5) is 14.9. The second kappa shape index (κ2) is 8.23. The maximum atomic E-state index is 14.2. The van der Waals surface area contributed by atoms with Gasteiger partial charge in [-0.1, -0.05) is 48.5 Å². The van der Waals surface area contributed by atoms with Gasteiger partial charge in [0.05, 0.1) is 0 Å². The van der Waals surface area contributed by atoms with E-state index in [1.165, 1.54) is 12.1 Å². The Labute approximate surface area is 175 Å². The number of anilines is 1. The van der Waals surface area contributed by atoms with Gasteiger partial charge in [-0.25, -0.2) is 8.78 Å². The Morgan fingerprint density at radius 2 is 1.80 bits per heavy atom. The van der Waals surface area contributed by atoms with E-state index in [1.54, 1.807) is 23.1 Å². The molecular formula is C26H23F2NO. The fourth-order valence-corrected chi connectivity index (χ4v) is 4.37. The molecule has 0 saturated carbocycles. The Hall–Kier alpha value is -3.27. The number of carbonyl (C=O) groups is 1. The number of nitrogens with zero attached hydrogens (tertiary/aromatic N) is 1. The number of hydrogen-bond acceptors (Lipinski definition) is 1. The Morgan fingerprint density at radius 3 is 2.50 bits per heavy atom. The van der Waals surface area contributed by atoms with Crippen molar-refractivity contribution in [2.75, 3.05) is 11.4 Å². The Kier molecular flexibility index (Phi) is 5.49. The van der Waals surface area contributed by atoms with Crippen molar-refractivity contribution in [3.8, 4) is 11.1 Å². The number of allylic oxidation sites excluding steroid dienone is 1. The van der Waals surface area contributed by atoms with Crippen LogP contribution in [0.5, 0.6) is 0 Å². The molecule has 0 radical (unpaired) electrons. The summed E-state index contributed by atoms with van der Waals surface area (Å²) in [5.74, 6) is -1.20. The van der Waals surface area contributed by atoms with Gasteiger partial charge >= 0.3 is 0 Å². The van der Waals surface area contributed by atoms with E-state index >= 15 is 0 Å². The summed E-state index contributed by atoms with van der Waals surface area (Å²) in [6, 6.07) is 20.9. The SMILES string of the molecule is C=CCC1(c2ccccc2)CCN(c2cccc(-c3ccc(F)cc3F)c2)C(=O)C1. The molecule has 1 heterocycles. The monoisotopic (exact) mass is 403 g/mol. The highest BCUT2D eigenvalue weighted by atomic mass is 19.1. The largest absolute Gasteiger partial charge is 0.312 e. The second-order valence-electron chi connectivity index (χ2n) is 7.79. The smallest absolute Gasteiger partial charge is 0.227 e. The zero-order valence-corrected chi connectivity index (χ0v) is 16.7. The third kappa shape index (κ3) is 3.78. The number of hydrogen-bond donors (Lipinski definition) is 0. The molecule has 0 N–H and O–H groups in total. The molecule has 4 heteroatoms. The molecule has 1 amide bonds. The zero-order chi connectivity index (χ0) is 21.1. The van der Waals surface area contributed by atoms with Crippen LogP contribution in [-0.2, 0) is 10.2 Å². The maximum absolute atomic E-state index is 14.2. The van der Waals surface area contributed by atoms with E-state index in [-0.39, 0.29) is 11.3 Å². The van der Waals surface area contributed by atoms with Crippen LogP contribution in [0.1, 0.15) is 24.8 Å². The van der Waals surface area contributed by atoms with Crippen LogP contribution in [0.25, 0.3) is 11.1 Å². The van der Waals surface area contributed by atoms with Crippen molar-refractivity contribution in [2.45, 2.75) is 24.7 Å². The lowest BCUT2D eigenvalue weighted by molar-refractivity contribution is -0.121. The van der Waals surface area contributed by atoms with E-state index in [1.807, 2.05) is 30.3 Å². The summed E-state index contributed by atoms with van der Waals surface area (Å²) >= 11 is 0. The predicted molar refractivity (Wildman–Crippen MR) is 116 cm³/mol. The van der Waals surface area contributed by atoms with Gasteiger partial charge in [0.1, 0.15) is 11.6 Å². The lowest BCUT2D eigenvalue weighted by atomic mass is 9.70. The minimum atomic E-state index is -0.619. The lowest BCUT2D eigenvalue weighted by Crippen LogP contribution is -2.46. The van der Waals surface area contributed by atoms with Crippen LogP contribution in [0.3, 0.4) is 0 Å². The van der Waals surface area contributed by atoms with E-state index in [0.717, 1.165) is 30.2 Å². The molecule has 3 aromatic rings. The molecule has 4 rings (SSSR count). The van der Waals surface area contributed by atoms with Gasteiger partial charge in [0.25, 0.3) is 0 Å². The number of carbonyl (C=O) groups excluding carboxylic acids is 1. The summed E-state index contributed by atoms with van der Waals surface area (Å²) in [6.07, 6.45) is 3.81. The quantitative estimate of drug-likeness (QED) is 0.460. The summed E-state index contributed by atoms with van der Waals surface area (Å²) in [5, 5.41) is 0. The van der Waals surface area contributed by atoms with Gasteiger partial charge in [-0.15, -0.1) is 6.58 Å². The molecule has 0 aromatic heterocycles. The third-order valence-corrected chi connectivity index (χ3v) is 5.93. The molecule has 1 unspecified atom stereocenters. The summed E-state index contributed by atoms with van der Waals surface area (Å²) in [5.41, 5.74) is 2.55. The molecule has 1 aliphatic rings. The van der Waals surface area contributed by atoms with Crippen LogP contribution in [0.4, 0.5) is 14.5 Å². The predicted octanol–water partition coefficient (Wildman–Crippen LogP) is 6.27. The molecule has 0 spiro atoms. The van der Waals surface area contributed by atoms with Gasteiger partial charge < -0.3 is 4.90 Å². The first-order chi connectivity index (χ1) is 14.5. The Bertz CT molecular complexity index is 1080. The summed E-state index contributed by atoms with van der Waals surface area (Å²) in [6.45, 7) is 4.47. The number of halogens is 2. The lowest BCUT2D eigenvalue weighted by Gasteiger charge is -2.41. The first-order valence-electron chi connectivity index (χ1n) is 10.0. The van der Waals surface area contributed by atoms with Crippen LogP contribution in [0.15, 0.2) is 85.5 Å². The van der Waals surface area contributed by atoms with Gasteiger partial charge in [0.2, 0.25) is 5.91 Å². The van der Waals surface area contributed by atoms with Crippen molar-refractivity contribution in [1.82, 2.24) is 0 Å². The maximum Gasteiger partial charge on any atom is 0.227 e. The van der Waals surface area contributed by atoms with Crippen LogP contribution in [0.2, 0.25) is 0 Å².